The number of fused-ring (bicyclic) bond motifs is 1. The highest BCUT2D eigenvalue weighted by Crippen LogP contribution is 2.28. The van der Waals surface area contributed by atoms with Crippen molar-refractivity contribution in [2.24, 2.45) is 5.92 Å². The fourth-order valence-corrected chi connectivity index (χ4v) is 3.78. The highest BCUT2D eigenvalue weighted by Gasteiger charge is 2.29. The summed E-state index contributed by atoms with van der Waals surface area (Å²) in [5.74, 6) is 2.72. The summed E-state index contributed by atoms with van der Waals surface area (Å²) in [5.41, 5.74) is 0.882. The number of hydrogen-bond acceptors (Lipinski definition) is 5. The third-order valence-electron chi connectivity index (χ3n) is 4.99. The second kappa shape index (κ2) is 5.26. The average Bonchev–Trinajstić information content (AvgIpc) is 3.18. The molecule has 0 aromatic carbocycles. The van der Waals surface area contributed by atoms with Crippen LogP contribution in [-0.2, 0) is 0 Å². The van der Waals surface area contributed by atoms with E-state index in [0.717, 1.165) is 42.3 Å². The van der Waals surface area contributed by atoms with E-state index in [4.69, 9.17) is 0 Å². The molecule has 4 rings (SSSR count). The molecule has 0 spiro atoms. The maximum atomic E-state index is 4.55. The molecule has 0 bridgehead atoms. The van der Waals surface area contributed by atoms with Crippen LogP contribution in [0.2, 0.25) is 0 Å². The first-order valence-electron chi connectivity index (χ1n) is 7.97. The largest absolute Gasteiger partial charge is 0.353 e. The molecule has 0 radical (unpaired) electrons. The molecule has 6 nitrogen and oxygen atoms in total. The molecule has 1 atom stereocenters. The fraction of sp³-hybridized carbons (Fsp3) is 0.667. The summed E-state index contributed by atoms with van der Waals surface area (Å²) in [5, 5.41) is 12.1. The molecule has 0 saturated carbocycles. The Morgan fingerprint density at radius 1 is 1.19 bits per heavy atom. The molecule has 4 heterocycles. The Morgan fingerprint density at radius 3 is 2.81 bits per heavy atom. The predicted molar refractivity (Wildman–Crippen MR) is 81.5 cm³/mol. The van der Waals surface area contributed by atoms with Crippen molar-refractivity contribution in [1.29, 1.82) is 0 Å². The first kappa shape index (κ1) is 13.0. The van der Waals surface area contributed by atoms with Crippen molar-refractivity contribution in [3.05, 3.63) is 18.2 Å². The van der Waals surface area contributed by atoms with Crippen molar-refractivity contribution >= 4 is 11.5 Å². The number of nitrogens with one attached hydrogen (secondary N) is 1. The number of hydrogen-bond donors (Lipinski definition) is 1. The molecule has 112 valence electrons. The normalized spacial score (nSPS) is 24.0. The van der Waals surface area contributed by atoms with Crippen LogP contribution in [0.5, 0.6) is 0 Å². The minimum atomic E-state index is 0.742. The van der Waals surface area contributed by atoms with Crippen LogP contribution in [0.25, 0.3) is 5.65 Å². The Kier molecular flexibility index (Phi) is 3.25. The second-order valence-electron chi connectivity index (χ2n) is 6.22. The topological polar surface area (TPSA) is 58.4 Å². The molecule has 2 aromatic heterocycles. The second-order valence-corrected chi connectivity index (χ2v) is 6.22. The minimum absolute atomic E-state index is 0.742. The first-order chi connectivity index (χ1) is 10.3. The van der Waals surface area contributed by atoms with Crippen LogP contribution in [0.15, 0.2) is 12.4 Å². The van der Waals surface area contributed by atoms with Crippen molar-refractivity contribution in [2.75, 3.05) is 24.5 Å². The van der Waals surface area contributed by atoms with E-state index in [9.17, 15) is 0 Å². The van der Waals surface area contributed by atoms with Crippen molar-refractivity contribution < 1.29 is 0 Å². The van der Waals surface area contributed by atoms with Crippen molar-refractivity contribution in [2.45, 2.75) is 38.6 Å². The maximum absolute atomic E-state index is 4.55. The van der Waals surface area contributed by atoms with Crippen molar-refractivity contribution in [3.63, 3.8) is 0 Å². The number of nitrogens with zero attached hydrogens (tertiary/aromatic N) is 5. The molecular weight excluding hydrogens is 264 g/mol. The van der Waals surface area contributed by atoms with Gasteiger partial charge in [0.2, 0.25) is 5.65 Å². The zero-order valence-corrected chi connectivity index (χ0v) is 12.5. The Balaban J connectivity index is 1.52. The third-order valence-corrected chi connectivity index (χ3v) is 4.99. The Labute approximate surface area is 124 Å². The van der Waals surface area contributed by atoms with Crippen LogP contribution in [0.3, 0.4) is 0 Å². The lowest BCUT2D eigenvalue weighted by molar-refractivity contribution is 0.318. The van der Waals surface area contributed by atoms with Gasteiger partial charge in [0.1, 0.15) is 5.82 Å². The summed E-state index contributed by atoms with van der Waals surface area (Å²) in [6.45, 7) is 5.31. The summed E-state index contributed by atoms with van der Waals surface area (Å²) in [7, 11) is 0. The van der Waals surface area contributed by atoms with Crippen LogP contribution in [0.1, 0.15) is 31.5 Å². The van der Waals surface area contributed by atoms with Gasteiger partial charge in [0.25, 0.3) is 0 Å². The fourth-order valence-electron chi connectivity index (χ4n) is 3.78. The van der Waals surface area contributed by atoms with Gasteiger partial charge in [0.15, 0.2) is 5.82 Å². The quantitative estimate of drug-likeness (QED) is 0.904. The van der Waals surface area contributed by atoms with Gasteiger partial charge in [-0.1, -0.05) is 0 Å². The highest BCUT2D eigenvalue weighted by atomic mass is 15.3. The van der Waals surface area contributed by atoms with E-state index < -0.39 is 0 Å². The monoisotopic (exact) mass is 286 g/mol. The molecule has 2 aliphatic rings. The molecule has 2 fully saturated rings. The molecule has 1 unspecified atom stereocenters. The minimum Gasteiger partial charge on any atom is -0.353 e. The van der Waals surface area contributed by atoms with Crippen molar-refractivity contribution in [3.8, 4) is 0 Å². The van der Waals surface area contributed by atoms with Gasteiger partial charge < -0.3 is 10.2 Å². The number of piperidine rings is 1. The standard InChI is InChI=1S/C15H22N6/c1-11-18-19-15-14(17-7-10-21(11)15)20-8-4-12(5-9-20)13-3-2-6-16-13/h7,10,12-13,16H,2-6,8-9H2,1H3. The lowest BCUT2D eigenvalue weighted by Gasteiger charge is -2.35. The van der Waals surface area contributed by atoms with E-state index >= 15 is 0 Å². The van der Waals surface area contributed by atoms with Gasteiger partial charge in [0, 0.05) is 31.5 Å². The Bertz CT molecular complexity index is 622. The van der Waals surface area contributed by atoms with E-state index in [1.54, 1.807) is 0 Å². The summed E-state index contributed by atoms with van der Waals surface area (Å²) >= 11 is 0. The first-order valence-corrected chi connectivity index (χ1v) is 7.97. The number of aromatic nitrogens is 4. The highest BCUT2D eigenvalue weighted by molar-refractivity contribution is 5.63. The van der Waals surface area contributed by atoms with Gasteiger partial charge in [-0.05, 0) is 45.1 Å². The number of aryl methyl sites for hydroxylation is 1. The molecule has 0 amide bonds. The van der Waals surface area contributed by atoms with Crippen LogP contribution < -0.4 is 10.2 Å². The molecule has 2 saturated heterocycles. The van der Waals surface area contributed by atoms with E-state index in [1.165, 1.54) is 32.2 Å². The average molecular weight is 286 g/mol. The van der Waals surface area contributed by atoms with Gasteiger partial charge in [-0.2, -0.15) is 0 Å². The summed E-state index contributed by atoms with van der Waals surface area (Å²) in [4.78, 5) is 6.92. The zero-order valence-electron chi connectivity index (χ0n) is 12.5. The SMILES string of the molecule is Cc1nnc2c(N3CCC(C4CCCN4)CC3)nccn12. The van der Waals surface area contributed by atoms with E-state index in [-0.39, 0.29) is 0 Å². The molecule has 0 aliphatic carbocycles. The number of rotatable bonds is 2. The van der Waals surface area contributed by atoms with Crippen LogP contribution >= 0.6 is 0 Å². The number of anilines is 1. The van der Waals surface area contributed by atoms with Gasteiger partial charge >= 0.3 is 0 Å². The molecule has 1 N–H and O–H groups in total. The van der Waals surface area contributed by atoms with E-state index in [0.29, 0.717) is 0 Å². The Morgan fingerprint density at radius 2 is 2.05 bits per heavy atom. The van der Waals surface area contributed by atoms with Crippen LogP contribution in [0, 0.1) is 12.8 Å². The van der Waals surface area contributed by atoms with E-state index in [1.807, 2.05) is 23.7 Å². The molecule has 21 heavy (non-hydrogen) atoms. The van der Waals surface area contributed by atoms with Crippen LogP contribution in [0.4, 0.5) is 5.82 Å². The molecular formula is C15H22N6. The van der Waals surface area contributed by atoms with Gasteiger partial charge in [-0.3, -0.25) is 4.40 Å². The van der Waals surface area contributed by atoms with Crippen molar-refractivity contribution in [1.82, 2.24) is 24.9 Å². The van der Waals surface area contributed by atoms with Crippen LogP contribution in [-0.4, -0.2) is 45.3 Å². The molecule has 2 aliphatic heterocycles. The predicted octanol–water partition coefficient (Wildman–Crippen LogP) is 1.40. The summed E-state index contributed by atoms with van der Waals surface area (Å²) in [6, 6.07) is 0.742. The molecule has 6 heteroatoms. The Hall–Kier alpha value is -1.69. The van der Waals surface area contributed by atoms with Gasteiger partial charge in [-0.15, -0.1) is 10.2 Å². The lowest BCUT2D eigenvalue weighted by Crippen LogP contribution is -2.41. The third kappa shape index (κ3) is 2.27. The molecule has 2 aromatic rings. The smallest absolute Gasteiger partial charge is 0.203 e. The summed E-state index contributed by atoms with van der Waals surface area (Å²) in [6.07, 6.45) is 8.96. The zero-order chi connectivity index (χ0) is 14.2. The summed E-state index contributed by atoms with van der Waals surface area (Å²) < 4.78 is 2.02. The van der Waals surface area contributed by atoms with Gasteiger partial charge in [-0.25, -0.2) is 4.98 Å². The maximum Gasteiger partial charge on any atom is 0.203 e. The lowest BCUT2D eigenvalue weighted by atomic mass is 9.88. The van der Waals surface area contributed by atoms with Gasteiger partial charge in [0.05, 0.1) is 0 Å². The van der Waals surface area contributed by atoms with E-state index in [2.05, 4.69) is 25.4 Å².